The fourth-order valence-corrected chi connectivity index (χ4v) is 4.65. The monoisotopic (exact) mass is 476 g/mol. The van der Waals surface area contributed by atoms with Gasteiger partial charge in [-0.15, -0.1) is 0 Å². The molecule has 1 aromatic heterocycles. The van der Waals surface area contributed by atoms with Gasteiger partial charge in [0, 0.05) is 16.6 Å². The van der Waals surface area contributed by atoms with E-state index in [0.717, 1.165) is 12.1 Å². The molecule has 0 bridgehead atoms. The smallest absolute Gasteiger partial charge is 0.265 e. The highest BCUT2D eigenvalue weighted by Crippen LogP contribution is 2.34. The van der Waals surface area contributed by atoms with Crippen molar-refractivity contribution in [3.05, 3.63) is 71.4 Å². The summed E-state index contributed by atoms with van der Waals surface area (Å²) in [6, 6.07) is 10.4. The number of fused-ring (bicyclic) bond motifs is 1. The molecule has 0 atom stereocenters. The highest BCUT2D eigenvalue weighted by Gasteiger charge is 2.24. The van der Waals surface area contributed by atoms with Crippen LogP contribution < -0.4 is 15.2 Å². The molecule has 0 amide bonds. The standard InChI is InChI=1S/C21H15ClF2N4O3S/c1-31-17-7-3-13(22)9-18(17)32(29,30)28-16-6-4-14(23)19(20(16)24)11-2-5-15-12(8-11)10-26-21(25)27-15/h2-10,28H,1H3,(H2,25,26,27). The van der Waals surface area contributed by atoms with Crippen LogP contribution in [0.3, 0.4) is 0 Å². The van der Waals surface area contributed by atoms with E-state index < -0.39 is 32.9 Å². The molecule has 0 spiro atoms. The van der Waals surface area contributed by atoms with Gasteiger partial charge in [-0.1, -0.05) is 17.7 Å². The lowest BCUT2D eigenvalue weighted by Crippen LogP contribution is -2.15. The van der Waals surface area contributed by atoms with Gasteiger partial charge < -0.3 is 10.5 Å². The van der Waals surface area contributed by atoms with Crippen LogP contribution in [0.25, 0.3) is 22.0 Å². The molecule has 0 unspecified atom stereocenters. The van der Waals surface area contributed by atoms with Crippen LogP contribution in [0.5, 0.6) is 5.75 Å². The number of sulfonamides is 1. The van der Waals surface area contributed by atoms with E-state index in [-0.39, 0.29) is 27.2 Å². The lowest BCUT2D eigenvalue weighted by Gasteiger charge is -2.14. The predicted molar refractivity (Wildman–Crippen MR) is 118 cm³/mol. The van der Waals surface area contributed by atoms with Crippen molar-refractivity contribution in [1.82, 2.24) is 9.97 Å². The second kappa shape index (κ2) is 8.21. The Balaban J connectivity index is 1.79. The molecular formula is C21H15ClF2N4O3S. The second-order valence-electron chi connectivity index (χ2n) is 6.69. The Morgan fingerprint density at radius 2 is 1.88 bits per heavy atom. The molecule has 0 fully saturated rings. The molecule has 32 heavy (non-hydrogen) atoms. The zero-order chi connectivity index (χ0) is 23.0. The Kier molecular flexibility index (Phi) is 5.57. The number of ether oxygens (including phenoxy) is 1. The van der Waals surface area contributed by atoms with Crippen LogP contribution in [0.2, 0.25) is 5.02 Å². The zero-order valence-corrected chi connectivity index (χ0v) is 18.0. The van der Waals surface area contributed by atoms with Gasteiger partial charge in [-0.25, -0.2) is 27.2 Å². The minimum atomic E-state index is -4.31. The molecule has 1 heterocycles. The van der Waals surface area contributed by atoms with Crippen molar-refractivity contribution < 1.29 is 21.9 Å². The van der Waals surface area contributed by atoms with Gasteiger partial charge in [0.05, 0.1) is 23.9 Å². The number of aromatic nitrogens is 2. The molecular weight excluding hydrogens is 462 g/mol. The van der Waals surface area contributed by atoms with Gasteiger partial charge in [0.25, 0.3) is 10.0 Å². The maximum atomic E-state index is 15.3. The number of nitrogens with two attached hydrogens (primary N) is 1. The molecule has 0 radical (unpaired) electrons. The summed E-state index contributed by atoms with van der Waals surface area (Å²) in [7, 11) is -3.02. The van der Waals surface area contributed by atoms with Crippen molar-refractivity contribution in [3.8, 4) is 16.9 Å². The summed E-state index contributed by atoms with van der Waals surface area (Å²) in [4.78, 5) is 7.62. The van der Waals surface area contributed by atoms with Crippen molar-refractivity contribution >= 4 is 44.2 Å². The zero-order valence-electron chi connectivity index (χ0n) is 16.4. The molecule has 0 saturated carbocycles. The summed E-state index contributed by atoms with van der Waals surface area (Å²) in [5, 5.41) is 0.649. The first-order valence-corrected chi connectivity index (χ1v) is 10.9. The number of hydrogen-bond acceptors (Lipinski definition) is 6. The molecule has 4 aromatic rings. The second-order valence-corrected chi connectivity index (χ2v) is 8.77. The molecule has 11 heteroatoms. The molecule has 0 aliphatic rings. The van der Waals surface area contributed by atoms with Crippen molar-refractivity contribution in [2.75, 3.05) is 17.6 Å². The van der Waals surface area contributed by atoms with Crippen LogP contribution in [-0.4, -0.2) is 25.5 Å². The van der Waals surface area contributed by atoms with E-state index in [1.54, 1.807) is 0 Å². The summed E-state index contributed by atoms with van der Waals surface area (Å²) < 4.78 is 62.9. The normalized spacial score (nSPS) is 11.5. The van der Waals surface area contributed by atoms with Gasteiger partial charge in [-0.2, -0.15) is 0 Å². The van der Waals surface area contributed by atoms with Crippen LogP contribution in [-0.2, 0) is 10.0 Å². The third kappa shape index (κ3) is 4.02. The lowest BCUT2D eigenvalue weighted by molar-refractivity contribution is 0.403. The van der Waals surface area contributed by atoms with Crippen LogP contribution in [0.15, 0.2) is 59.6 Å². The first-order valence-electron chi connectivity index (χ1n) is 9.06. The van der Waals surface area contributed by atoms with Gasteiger partial charge in [-0.05, 0) is 48.0 Å². The number of hydrogen-bond donors (Lipinski definition) is 2. The number of methoxy groups -OCH3 is 1. The van der Waals surface area contributed by atoms with E-state index in [1.165, 1.54) is 49.7 Å². The minimum Gasteiger partial charge on any atom is -0.495 e. The minimum absolute atomic E-state index is 0.0124. The highest BCUT2D eigenvalue weighted by molar-refractivity contribution is 7.92. The van der Waals surface area contributed by atoms with Gasteiger partial charge in [0.15, 0.2) is 5.82 Å². The molecule has 3 N–H and O–H groups in total. The number of nitrogens with zero attached hydrogens (tertiary/aromatic N) is 2. The predicted octanol–water partition coefficient (Wildman–Crippen LogP) is 4.62. The molecule has 164 valence electrons. The Hall–Kier alpha value is -3.50. The first kappa shape index (κ1) is 21.7. The third-order valence-corrected chi connectivity index (χ3v) is 6.26. The molecule has 0 aliphatic carbocycles. The van der Waals surface area contributed by atoms with E-state index in [1.807, 2.05) is 0 Å². The van der Waals surface area contributed by atoms with Gasteiger partial charge in [0.2, 0.25) is 5.95 Å². The molecule has 3 aromatic carbocycles. The van der Waals surface area contributed by atoms with Gasteiger partial charge in [0.1, 0.15) is 16.5 Å². The third-order valence-electron chi connectivity index (χ3n) is 4.64. The SMILES string of the molecule is COc1ccc(Cl)cc1S(=O)(=O)Nc1ccc(F)c(-c2ccc3nc(N)ncc3c2)c1F. The van der Waals surface area contributed by atoms with Crippen LogP contribution in [0.1, 0.15) is 0 Å². The maximum absolute atomic E-state index is 15.3. The Morgan fingerprint density at radius 3 is 2.62 bits per heavy atom. The van der Waals surface area contributed by atoms with E-state index in [0.29, 0.717) is 10.9 Å². The van der Waals surface area contributed by atoms with Crippen LogP contribution >= 0.6 is 11.6 Å². The molecule has 4 rings (SSSR count). The van der Waals surface area contributed by atoms with Gasteiger partial charge in [-0.3, -0.25) is 4.72 Å². The maximum Gasteiger partial charge on any atom is 0.265 e. The van der Waals surface area contributed by atoms with Crippen molar-refractivity contribution in [2.24, 2.45) is 0 Å². The van der Waals surface area contributed by atoms with E-state index >= 15 is 4.39 Å². The summed E-state index contributed by atoms with van der Waals surface area (Å²) >= 11 is 5.91. The Bertz CT molecular complexity index is 1470. The number of nitrogens with one attached hydrogen (secondary N) is 1. The number of nitrogen functional groups attached to an aromatic ring is 1. The summed E-state index contributed by atoms with van der Waals surface area (Å²) in [5.41, 5.74) is 5.35. The van der Waals surface area contributed by atoms with E-state index in [2.05, 4.69) is 14.7 Å². The molecule has 7 nitrogen and oxygen atoms in total. The Morgan fingerprint density at radius 1 is 1.09 bits per heavy atom. The average molecular weight is 477 g/mol. The first-order chi connectivity index (χ1) is 15.2. The molecule has 0 saturated heterocycles. The van der Waals surface area contributed by atoms with Crippen molar-refractivity contribution in [1.29, 1.82) is 0 Å². The van der Waals surface area contributed by atoms with E-state index in [4.69, 9.17) is 22.1 Å². The van der Waals surface area contributed by atoms with Crippen LogP contribution in [0, 0.1) is 11.6 Å². The summed E-state index contributed by atoms with van der Waals surface area (Å²) in [5.74, 6) is -1.89. The molecule has 0 aliphatic heterocycles. The number of halogens is 3. The fourth-order valence-electron chi connectivity index (χ4n) is 3.16. The van der Waals surface area contributed by atoms with Crippen LogP contribution in [0.4, 0.5) is 20.4 Å². The number of benzene rings is 3. The fraction of sp³-hybridized carbons (Fsp3) is 0.0476. The topological polar surface area (TPSA) is 107 Å². The summed E-state index contributed by atoms with van der Waals surface area (Å²) in [6.45, 7) is 0. The van der Waals surface area contributed by atoms with E-state index in [9.17, 15) is 12.8 Å². The summed E-state index contributed by atoms with van der Waals surface area (Å²) in [6.07, 6.45) is 1.43. The van der Waals surface area contributed by atoms with Crippen molar-refractivity contribution in [2.45, 2.75) is 4.90 Å². The quantitative estimate of drug-likeness (QED) is 0.435. The highest BCUT2D eigenvalue weighted by atomic mass is 35.5. The van der Waals surface area contributed by atoms with Crippen molar-refractivity contribution in [3.63, 3.8) is 0 Å². The lowest BCUT2D eigenvalue weighted by atomic mass is 10.0. The van der Waals surface area contributed by atoms with Gasteiger partial charge >= 0.3 is 0 Å². The Labute approximate surface area is 186 Å². The largest absolute Gasteiger partial charge is 0.495 e. The number of anilines is 2. The average Bonchev–Trinajstić information content (AvgIpc) is 2.76. The number of rotatable bonds is 5.